The average Bonchev–Trinajstić information content (AvgIpc) is 3.20. The number of aromatic nitrogens is 2. The molecule has 1 saturated carbocycles. The van der Waals surface area contributed by atoms with Crippen molar-refractivity contribution in [3.05, 3.63) is 17.5 Å². The monoisotopic (exact) mass is 305 g/mol. The van der Waals surface area contributed by atoms with E-state index in [0.29, 0.717) is 6.10 Å². The summed E-state index contributed by atoms with van der Waals surface area (Å²) < 4.78 is 7.82. The molecule has 1 amide bonds. The van der Waals surface area contributed by atoms with Crippen LogP contribution in [0.3, 0.4) is 0 Å². The summed E-state index contributed by atoms with van der Waals surface area (Å²) >= 11 is 0. The molecule has 2 aliphatic rings. The smallest absolute Gasteiger partial charge is 0.248 e. The first-order chi connectivity index (χ1) is 10.6. The molecule has 0 radical (unpaired) electrons. The second-order valence-electron chi connectivity index (χ2n) is 6.71. The normalized spacial score (nSPS) is 22.6. The van der Waals surface area contributed by atoms with Crippen molar-refractivity contribution >= 4 is 5.91 Å². The van der Waals surface area contributed by atoms with Crippen LogP contribution in [0.5, 0.6) is 0 Å². The first-order valence-corrected chi connectivity index (χ1v) is 8.55. The second kappa shape index (κ2) is 6.82. The zero-order valence-electron chi connectivity index (χ0n) is 13.8. The molecule has 0 unspecified atom stereocenters. The zero-order chi connectivity index (χ0) is 15.5. The number of aryl methyl sites for hydroxylation is 2. The molecule has 2 fully saturated rings. The molecule has 1 atom stereocenters. The van der Waals surface area contributed by atoms with E-state index < -0.39 is 0 Å². The first kappa shape index (κ1) is 15.5. The van der Waals surface area contributed by atoms with Gasteiger partial charge in [-0.2, -0.15) is 5.10 Å². The van der Waals surface area contributed by atoms with Gasteiger partial charge in [0.25, 0.3) is 0 Å². The number of carbonyl (C=O) groups is 1. The number of nitrogens with zero attached hydrogens (tertiary/aromatic N) is 3. The highest BCUT2D eigenvalue weighted by Crippen LogP contribution is 2.23. The molecule has 0 aromatic carbocycles. The lowest BCUT2D eigenvalue weighted by molar-refractivity contribution is -0.139. The van der Waals surface area contributed by atoms with E-state index in [9.17, 15) is 4.79 Å². The Kier molecular flexibility index (Phi) is 4.81. The SMILES string of the molecule is Cc1cc(C)n(C[C@@H]2CCCN2C(=O)COC2CCCC2)n1. The topological polar surface area (TPSA) is 47.4 Å². The molecule has 1 aliphatic carbocycles. The molecule has 2 heterocycles. The van der Waals surface area contributed by atoms with Gasteiger partial charge >= 0.3 is 0 Å². The molecular formula is C17H27N3O2. The molecule has 5 nitrogen and oxygen atoms in total. The minimum Gasteiger partial charge on any atom is -0.368 e. The molecule has 1 saturated heterocycles. The Labute approximate surface area is 132 Å². The lowest BCUT2D eigenvalue weighted by Crippen LogP contribution is -2.41. The fraction of sp³-hybridized carbons (Fsp3) is 0.765. The Morgan fingerprint density at radius 3 is 2.73 bits per heavy atom. The van der Waals surface area contributed by atoms with Gasteiger partial charge in [0.2, 0.25) is 5.91 Å². The van der Waals surface area contributed by atoms with Crippen molar-refractivity contribution in [2.45, 2.75) is 71.1 Å². The number of likely N-dealkylation sites (tertiary alicyclic amines) is 1. The van der Waals surface area contributed by atoms with Crippen LogP contribution in [0.2, 0.25) is 0 Å². The van der Waals surface area contributed by atoms with E-state index in [1.807, 2.05) is 16.5 Å². The molecule has 1 aromatic rings. The molecule has 1 aromatic heterocycles. The fourth-order valence-corrected chi connectivity index (χ4v) is 3.74. The van der Waals surface area contributed by atoms with Gasteiger partial charge in [-0.15, -0.1) is 0 Å². The molecule has 3 rings (SSSR count). The summed E-state index contributed by atoms with van der Waals surface area (Å²) in [5, 5.41) is 4.52. The number of carbonyl (C=O) groups excluding carboxylic acids is 1. The van der Waals surface area contributed by atoms with E-state index in [2.05, 4.69) is 18.1 Å². The summed E-state index contributed by atoms with van der Waals surface area (Å²) in [4.78, 5) is 14.5. The maximum atomic E-state index is 12.5. The van der Waals surface area contributed by atoms with E-state index in [4.69, 9.17) is 4.74 Å². The minimum absolute atomic E-state index is 0.149. The second-order valence-corrected chi connectivity index (χ2v) is 6.71. The van der Waals surface area contributed by atoms with Crippen LogP contribution in [-0.4, -0.2) is 45.9 Å². The van der Waals surface area contributed by atoms with Crippen molar-refractivity contribution in [1.82, 2.24) is 14.7 Å². The highest BCUT2D eigenvalue weighted by Gasteiger charge is 2.30. The van der Waals surface area contributed by atoms with Gasteiger partial charge in [-0.25, -0.2) is 0 Å². The van der Waals surface area contributed by atoms with Crippen LogP contribution in [0.15, 0.2) is 6.07 Å². The third-order valence-corrected chi connectivity index (χ3v) is 4.93. The lowest BCUT2D eigenvalue weighted by Gasteiger charge is -2.25. The van der Waals surface area contributed by atoms with E-state index in [1.165, 1.54) is 18.5 Å². The van der Waals surface area contributed by atoms with E-state index in [-0.39, 0.29) is 18.6 Å². The average molecular weight is 305 g/mol. The Balaban J connectivity index is 1.55. The summed E-state index contributed by atoms with van der Waals surface area (Å²) in [7, 11) is 0. The lowest BCUT2D eigenvalue weighted by atomic mass is 10.2. The highest BCUT2D eigenvalue weighted by molar-refractivity contribution is 5.78. The molecule has 0 spiro atoms. The molecule has 0 bridgehead atoms. The van der Waals surface area contributed by atoms with E-state index in [1.54, 1.807) is 0 Å². The van der Waals surface area contributed by atoms with Gasteiger partial charge in [0.15, 0.2) is 0 Å². The van der Waals surface area contributed by atoms with Crippen molar-refractivity contribution in [2.75, 3.05) is 13.2 Å². The van der Waals surface area contributed by atoms with Crippen LogP contribution >= 0.6 is 0 Å². The molecule has 22 heavy (non-hydrogen) atoms. The van der Waals surface area contributed by atoms with Crippen molar-refractivity contribution in [2.24, 2.45) is 0 Å². The predicted octanol–water partition coefficient (Wildman–Crippen LogP) is 2.45. The van der Waals surface area contributed by atoms with Crippen molar-refractivity contribution in [3.8, 4) is 0 Å². The summed E-state index contributed by atoms with van der Waals surface area (Å²) in [6.07, 6.45) is 7.16. The first-order valence-electron chi connectivity index (χ1n) is 8.55. The number of ether oxygens (including phenoxy) is 1. The predicted molar refractivity (Wildman–Crippen MR) is 84.6 cm³/mol. The quantitative estimate of drug-likeness (QED) is 0.839. The molecule has 5 heteroatoms. The van der Waals surface area contributed by atoms with Gasteiger partial charge in [-0.3, -0.25) is 9.48 Å². The number of hydrogen-bond donors (Lipinski definition) is 0. The maximum absolute atomic E-state index is 12.5. The summed E-state index contributed by atoms with van der Waals surface area (Å²) in [5.74, 6) is 0.149. The summed E-state index contributed by atoms with van der Waals surface area (Å²) in [6.45, 7) is 5.99. The van der Waals surface area contributed by atoms with Crippen LogP contribution in [-0.2, 0) is 16.1 Å². The minimum atomic E-state index is 0.149. The summed E-state index contributed by atoms with van der Waals surface area (Å²) in [5.41, 5.74) is 2.21. The van der Waals surface area contributed by atoms with Gasteiger partial charge in [0, 0.05) is 12.2 Å². The molecule has 122 valence electrons. The number of rotatable bonds is 5. The van der Waals surface area contributed by atoms with E-state index in [0.717, 1.165) is 44.5 Å². The summed E-state index contributed by atoms with van der Waals surface area (Å²) in [6, 6.07) is 2.35. The largest absolute Gasteiger partial charge is 0.368 e. The Morgan fingerprint density at radius 1 is 1.27 bits per heavy atom. The zero-order valence-corrected chi connectivity index (χ0v) is 13.8. The van der Waals surface area contributed by atoms with Crippen LogP contribution in [0.4, 0.5) is 0 Å². The van der Waals surface area contributed by atoms with Crippen molar-refractivity contribution in [3.63, 3.8) is 0 Å². The van der Waals surface area contributed by atoms with Crippen molar-refractivity contribution < 1.29 is 9.53 Å². The van der Waals surface area contributed by atoms with Gasteiger partial charge in [-0.1, -0.05) is 12.8 Å². The van der Waals surface area contributed by atoms with E-state index >= 15 is 0 Å². The number of amides is 1. The maximum Gasteiger partial charge on any atom is 0.248 e. The van der Waals surface area contributed by atoms with Gasteiger partial charge in [-0.05, 0) is 45.6 Å². The standard InChI is InChI=1S/C17H27N3O2/c1-13-10-14(2)20(18-13)11-15-6-5-9-19(15)17(21)12-22-16-7-3-4-8-16/h10,15-16H,3-9,11-12H2,1-2H3/t15-/m0/s1. The van der Waals surface area contributed by atoms with Gasteiger partial charge in [0.05, 0.1) is 24.4 Å². The molecule has 1 aliphatic heterocycles. The Hall–Kier alpha value is -1.36. The van der Waals surface area contributed by atoms with Crippen LogP contribution in [0.1, 0.15) is 49.9 Å². The van der Waals surface area contributed by atoms with Crippen molar-refractivity contribution in [1.29, 1.82) is 0 Å². The number of hydrogen-bond acceptors (Lipinski definition) is 3. The third kappa shape index (κ3) is 3.51. The van der Waals surface area contributed by atoms with Gasteiger partial charge < -0.3 is 9.64 Å². The molecular weight excluding hydrogens is 278 g/mol. The Morgan fingerprint density at radius 2 is 2.05 bits per heavy atom. The molecule has 0 N–H and O–H groups in total. The van der Waals surface area contributed by atoms with Crippen LogP contribution < -0.4 is 0 Å². The van der Waals surface area contributed by atoms with Gasteiger partial charge in [0.1, 0.15) is 6.61 Å². The highest BCUT2D eigenvalue weighted by atomic mass is 16.5. The fourth-order valence-electron chi connectivity index (χ4n) is 3.74. The van der Waals surface area contributed by atoms with Crippen LogP contribution in [0.25, 0.3) is 0 Å². The third-order valence-electron chi connectivity index (χ3n) is 4.93. The Bertz CT molecular complexity index is 520. The van der Waals surface area contributed by atoms with Crippen LogP contribution in [0, 0.1) is 13.8 Å².